The lowest BCUT2D eigenvalue weighted by Crippen LogP contribution is -2.37. The van der Waals surface area contributed by atoms with Crippen molar-refractivity contribution in [1.29, 1.82) is 0 Å². The molecule has 1 aromatic rings. The van der Waals surface area contributed by atoms with E-state index in [-0.39, 0.29) is 11.2 Å². The molecule has 0 saturated carbocycles. The summed E-state index contributed by atoms with van der Waals surface area (Å²) >= 11 is 0. The first-order chi connectivity index (χ1) is 8.72. The Balaban J connectivity index is 1.97. The second-order valence-electron chi connectivity index (χ2n) is 5.18. The number of nitrogens with two attached hydrogens (primary N) is 1. The van der Waals surface area contributed by atoms with E-state index in [4.69, 9.17) is 5.73 Å². The third-order valence-electron chi connectivity index (χ3n) is 4.28. The average Bonchev–Trinajstić information content (AvgIpc) is 2.92. The quantitative estimate of drug-likeness (QED) is 0.675. The fourth-order valence-corrected chi connectivity index (χ4v) is 3.42. The first-order valence-electron chi connectivity index (χ1n) is 6.53. The highest BCUT2D eigenvalue weighted by molar-refractivity contribution is 5.62. The molecule has 4 N–H and O–H groups in total. The summed E-state index contributed by atoms with van der Waals surface area (Å²) in [7, 11) is 0. The predicted molar refractivity (Wildman–Crippen MR) is 70.5 cm³/mol. The van der Waals surface area contributed by atoms with Gasteiger partial charge in [-0.2, -0.15) is 0 Å². The Hall–Kier alpha value is -1.56. The fraction of sp³-hybridized carbons (Fsp3) is 0.667. The van der Waals surface area contributed by atoms with Gasteiger partial charge in [-0.1, -0.05) is 6.92 Å². The molecule has 3 rings (SSSR count). The van der Waals surface area contributed by atoms with Crippen LogP contribution in [0, 0.1) is 11.8 Å². The number of aromatic amines is 1. The van der Waals surface area contributed by atoms with E-state index in [2.05, 4.69) is 27.1 Å². The molecular formula is C12H19N5O. The molecule has 6 nitrogen and oxygen atoms in total. The van der Waals surface area contributed by atoms with E-state index < -0.39 is 0 Å². The van der Waals surface area contributed by atoms with E-state index in [9.17, 15) is 4.79 Å². The smallest absolute Gasteiger partial charge is 0.276 e. The third-order valence-corrected chi connectivity index (χ3v) is 4.28. The largest absolute Gasteiger partial charge is 0.391 e. The van der Waals surface area contributed by atoms with Crippen LogP contribution in [0.25, 0.3) is 0 Å². The highest BCUT2D eigenvalue weighted by atomic mass is 16.1. The molecule has 98 valence electrons. The van der Waals surface area contributed by atoms with Crippen LogP contribution in [-0.2, 0) is 0 Å². The highest BCUT2D eigenvalue weighted by Crippen LogP contribution is 2.37. The minimum Gasteiger partial charge on any atom is -0.391 e. The highest BCUT2D eigenvalue weighted by Gasteiger charge is 2.44. The molecule has 0 spiro atoms. The molecule has 3 atom stereocenters. The molecule has 1 aromatic heterocycles. The number of hydrogen-bond acceptors (Lipinski definition) is 5. The Morgan fingerprint density at radius 2 is 2.39 bits per heavy atom. The van der Waals surface area contributed by atoms with Crippen molar-refractivity contribution in [3.8, 4) is 0 Å². The van der Waals surface area contributed by atoms with Crippen LogP contribution in [0.15, 0.2) is 11.1 Å². The molecule has 2 aliphatic heterocycles. The summed E-state index contributed by atoms with van der Waals surface area (Å²) in [6.07, 6.45) is 2.49. The number of fused-ring (bicyclic) bond motifs is 1. The molecule has 0 amide bonds. The topological polar surface area (TPSA) is 87.0 Å². The van der Waals surface area contributed by atoms with Crippen molar-refractivity contribution in [1.82, 2.24) is 15.3 Å². The minimum atomic E-state index is -0.245. The van der Waals surface area contributed by atoms with Gasteiger partial charge >= 0.3 is 0 Å². The number of aromatic nitrogens is 2. The maximum absolute atomic E-state index is 11.6. The summed E-state index contributed by atoms with van der Waals surface area (Å²) in [6, 6.07) is 0.432. The van der Waals surface area contributed by atoms with Crippen molar-refractivity contribution in [3.05, 3.63) is 16.7 Å². The summed E-state index contributed by atoms with van der Waals surface area (Å²) in [5.74, 6) is 1.95. The predicted octanol–water partition coefficient (Wildman–Crippen LogP) is -0.214. The summed E-state index contributed by atoms with van der Waals surface area (Å²) in [5.41, 5.74) is 5.86. The Morgan fingerprint density at radius 3 is 3.17 bits per heavy atom. The number of nitrogens with zero attached hydrogens (tertiary/aromatic N) is 2. The fourth-order valence-electron chi connectivity index (χ4n) is 3.42. The standard InChI is InChI=1S/C12H19N5O/c1-2-9-8-4-14-3-7(8)5-17(9)11-10(13)12(18)16-6-15-11/h6-9,14H,2-5,13H2,1H3,(H,15,16,18). The SMILES string of the molecule is CCC1C2CNCC2CN1c1nc[nH]c(=O)c1N. The van der Waals surface area contributed by atoms with Gasteiger partial charge in [0.2, 0.25) is 0 Å². The molecule has 2 fully saturated rings. The van der Waals surface area contributed by atoms with Crippen LogP contribution in [0.1, 0.15) is 13.3 Å². The molecule has 3 unspecified atom stereocenters. The van der Waals surface area contributed by atoms with Gasteiger partial charge in [0.25, 0.3) is 5.56 Å². The van der Waals surface area contributed by atoms with Gasteiger partial charge in [-0.15, -0.1) is 0 Å². The Labute approximate surface area is 106 Å². The molecular weight excluding hydrogens is 230 g/mol. The van der Waals surface area contributed by atoms with Crippen LogP contribution in [-0.4, -0.2) is 35.6 Å². The van der Waals surface area contributed by atoms with Gasteiger partial charge in [-0.25, -0.2) is 4.98 Å². The van der Waals surface area contributed by atoms with Gasteiger partial charge in [0, 0.05) is 25.7 Å². The zero-order valence-corrected chi connectivity index (χ0v) is 10.5. The van der Waals surface area contributed by atoms with Gasteiger partial charge in [-0.3, -0.25) is 4.79 Å². The van der Waals surface area contributed by atoms with Crippen molar-refractivity contribution in [2.24, 2.45) is 11.8 Å². The molecule has 3 heterocycles. The van der Waals surface area contributed by atoms with Crippen LogP contribution in [0.4, 0.5) is 11.5 Å². The summed E-state index contributed by atoms with van der Waals surface area (Å²) in [5, 5.41) is 3.44. The summed E-state index contributed by atoms with van der Waals surface area (Å²) < 4.78 is 0. The van der Waals surface area contributed by atoms with Gasteiger partial charge < -0.3 is 20.9 Å². The molecule has 2 aliphatic rings. The normalized spacial score (nSPS) is 30.7. The van der Waals surface area contributed by atoms with E-state index in [0.29, 0.717) is 23.7 Å². The Kier molecular flexibility index (Phi) is 2.74. The summed E-state index contributed by atoms with van der Waals surface area (Å²) in [4.78, 5) is 20.6. The molecule has 2 saturated heterocycles. The van der Waals surface area contributed by atoms with Gasteiger partial charge in [0.1, 0.15) is 5.69 Å². The maximum Gasteiger partial charge on any atom is 0.276 e. The van der Waals surface area contributed by atoms with E-state index in [0.717, 1.165) is 26.1 Å². The Bertz CT molecular complexity index is 499. The van der Waals surface area contributed by atoms with Crippen LogP contribution < -0.4 is 21.5 Å². The van der Waals surface area contributed by atoms with Gasteiger partial charge in [0.15, 0.2) is 5.82 Å². The molecule has 0 aromatic carbocycles. The lowest BCUT2D eigenvalue weighted by molar-refractivity contribution is 0.441. The number of nitrogen functional groups attached to an aromatic ring is 1. The van der Waals surface area contributed by atoms with Gasteiger partial charge in [0.05, 0.1) is 6.33 Å². The van der Waals surface area contributed by atoms with Crippen LogP contribution in [0.2, 0.25) is 0 Å². The van der Waals surface area contributed by atoms with E-state index >= 15 is 0 Å². The molecule has 0 aliphatic carbocycles. The van der Waals surface area contributed by atoms with E-state index in [1.165, 1.54) is 6.33 Å². The minimum absolute atomic E-state index is 0.240. The number of nitrogens with one attached hydrogen (secondary N) is 2. The second kappa shape index (κ2) is 4.28. The zero-order chi connectivity index (χ0) is 12.7. The van der Waals surface area contributed by atoms with Crippen molar-refractivity contribution in [2.45, 2.75) is 19.4 Å². The lowest BCUT2D eigenvalue weighted by atomic mass is 9.93. The van der Waals surface area contributed by atoms with Crippen LogP contribution in [0.3, 0.4) is 0 Å². The van der Waals surface area contributed by atoms with Crippen molar-refractivity contribution >= 4 is 11.5 Å². The monoisotopic (exact) mass is 249 g/mol. The Morgan fingerprint density at radius 1 is 1.56 bits per heavy atom. The number of anilines is 2. The molecule has 0 radical (unpaired) electrons. The van der Waals surface area contributed by atoms with Crippen LogP contribution >= 0.6 is 0 Å². The second-order valence-corrected chi connectivity index (χ2v) is 5.18. The van der Waals surface area contributed by atoms with Crippen molar-refractivity contribution < 1.29 is 0 Å². The van der Waals surface area contributed by atoms with E-state index in [1.807, 2.05) is 0 Å². The number of hydrogen-bond donors (Lipinski definition) is 3. The van der Waals surface area contributed by atoms with Gasteiger partial charge in [-0.05, 0) is 18.3 Å². The third kappa shape index (κ3) is 1.59. The average molecular weight is 249 g/mol. The number of rotatable bonds is 2. The molecule has 18 heavy (non-hydrogen) atoms. The lowest BCUT2D eigenvalue weighted by Gasteiger charge is -2.28. The van der Waals surface area contributed by atoms with Crippen LogP contribution in [0.5, 0.6) is 0 Å². The van der Waals surface area contributed by atoms with Crippen molar-refractivity contribution in [3.63, 3.8) is 0 Å². The van der Waals surface area contributed by atoms with Crippen molar-refractivity contribution in [2.75, 3.05) is 30.3 Å². The zero-order valence-electron chi connectivity index (χ0n) is 10.5. The number of H-pyrrole nitrogens is 1. The molecule has 0 bridgehead atoms. The maximum atomic E-state index is 11.6. The first-order valence-corrected chi connectivity index (χ1v) is 6.53. The summed E-state index contributed by atoms with van der Waals surface area (Å²) in [6.45, 7) is 5.24. The van der Waals surface area contributed by atoms with E-state index in [1.54, 1.807) is 0 Å². The first kappa shape index (κ1) is 11.5. The molecule has 6 heteroatoms.